The van der Waals surface area contributed by atoms with Crippen molar-refractivity contribution in [2.45, 2.75) is 6.92 Å². The molecule has 98 valence electrons. The number of nitriles is 1. The number of likely N-dealkylation sites (N-methyl/N-ethyl adjacent to an activating group) is 1. The highest BCUT2D eigenvalue weighted by Crippen LogP contribution is 2.32. The van der Waals surface area contributed by atoms with Crippen molar-refractivity contribution in [1.29, 1.82) is 5.26 Å². The van der Waals surface area contributed by atoms with Crippen molar-refractivity contribution in [3.8, 4) is 17.6 Å². The Labute approximate surface area is 111 Å². The molecule has 0 atom stereocenters. The van der Waals surface area contributed by atoms with Crippen LogP contribution in [0.15, 0.2) is 24.3 Å². The number of carbonyl (C=O) groups excluding carboxylic acids is 1. The van der Waals surface area contributed by atoms with Gasteiger partial charge in [0.2, 0.25) is 12.7 Å². The minimum Gasteiger partial charge on any atom is -0.454 e. The van der Waals surface area contributed by atoms with Crippen LogP contribution in [0.2, 0.25) is 0 Å². The monoisotopic (exact) mass is 258 g/mol. The molecular formula is C14H14N2O3. The zero-order valence-corrected chi connectivity index (χ0v) is 10.6. The fourth-order valence-corrected chi connectivity index (χ4v) is 1.72. The number of amides is 1. The van der Waals surface area contributed by atoms with Crippen LogP contribution in [-0.2, 0) is 4.79 Å². The zero-order valence-electron chi connectivity index (χ0n) is 10.6. The highest BCUT2D eigenvalue weighted by molar-refractivity contribution is 5.92. The molecule has 0 unspecified atom stereocenters. The van der Waals surface area contributed by atoms with Gasteiger partial charge in [-0.2, -0.15) is 5.26 Å². The lowest BCUT2D eigenvalue weighted by molar-refractivity contribution is -0.125. The van der Waals surface area contributed by atoms with E-state index in [1.807, 2.05) is 25.1 Å². The normalized spacial score (nSPS) is 12.4. The number of hydrogen-bond donors (Lipinski definition) is 0. The molecule has 1 aromatic rings. The molecule has 5 heteroatoms. The first-order valence-corrected chi connectivity index (χ1v) is 5.98. The van der Waals surface area contributed by atoms with Gasteiger partial charge in [0.25, 0.3) is 0 Å². The van der Waals surface area contributed by atoms with Gasteiger partial charge in [0.15, 0.2) is 11.5 Å². The van der Waals surface area contributed by atoms with Crippen molar-refractivity contribution in [1.82, 2.24) is 4.90 Å². The minimum absolute atomic E-state index is 0.0980. The number of fused-ring (bicyclic) bond motifs is 1. The van der Waals surface area contributed by atoms with Crippen LogP contribution in [-0.4, -0.2) is 30.7 Å². The molecule has 2 rings (SSSR count). The van der Waals surface area contributed by atoms with Gasteiger partial charge in [-0.25, -0.2) is 0 Å². The van der Waals surface area contributed by atoms with Crippen LogP contribution in [0.25, 0.3) is 6.08 Å². The molecule has 0 aliphatic carbocycles. The molecule has 1 aliphatic heterocycles. The number of rotatable bonds is 4. The largest absolute Gasteiger partial charge is 0.454 e. The topological polar surface area (TPSA) is 62.6 Å². The van der Waals surface area contributed by atoms with Crippen LogP contribution in [0.5, 0.6) is 11.5 Å². The molecule has 0 fully saturated rings. The van der Waals surface area contributed by atoms with Crippen LogP contribution in [0.3, 0.4) is 0 Å². The summed E-state index contributed by atoms with van der Waals surface area (Å²) in [4.78, 5) is 13.3. The van der Waals surface area contributed by atoms with Crippen LogP contribution in [0.4, 0.5) is 0 Å². The van der Waals surface area contributed by atoms with E-state index in [1.165, 1.54) is 11.0 Å². The second kappa shape index (κ2) is 5.91. The smallest absolute Gasteiger partial charge is 0.247 e. The van der Waals surface area contributed by atoms with Crippen LogP contribution in [0.1, 0.15) is 12.5 Å². The maximum atomic E-state index is 11.8. The van der Waals surface area contributed by atoms with Gasteiger partial charge in [-0.15, -0.1) is 0 Å². The summed E-state index contributed by atoms with van der Waals surface area (Å²) in [6.45, 7) is 2.68. The van der Waals surface area contributed by atoms with Gasteiger partial charge in [-0.3, -0.25) is 4.79 Å². The van der Waals surface area contributed by atoms with Gasteiger partial charge in [-0.1, -0.05) is 6.07 Å². The molecule has 0 bridgehead atoms. The molecule has 0 saturated heterocycles. The molecular weight excluding hydrogens is 244 g/mol. The SMILES string of the molecule is CCN(CC#N)C(=O)C=Cc1ccc2c(c1)OCO2. The number of carbonyl (C=O) groups is 1. The third kappa shape index (κ3) is 3.05. The van der Waals surface area contributed by atoms with Gasteiger partial charge < -0.3 is 14.4 Å². The summed E-state index contributed by atoms with van der Waals surface area (Å²) < 4.78 is 10.5. The summed E-state index contributed by atoms with van der Waals surface area (Å²) in [5, 5.41) is 8.61. The van der Waals surface area contributed by atoms with E-state index in [4.69, 9.17) is 14.7 Å². The number of ether oxygens (including phenoxy) is 2. The van der Waals surface area contributed by atoms with Gasteiger partial charge in [0.1, 0.15) is 6.54 Å². The predicted molar refractivity (Wildman–Crippen MR) is 69.5 cm³/mol. The zero-order chi connectivity index (χ0) is 13.7. The summed E-state index contributed by atoms with van der Waals surface area (Å²) >= 11 is 0. The standard InChI is InChI=1S/C14H14N2O3/c1-2-16(8-7-15)14(17)6-4-11-3-5-12-13(9-11)19-10-18-12/h3-6,9H,2,8,10H2,1H3. The first-order chi connectivity index (χ1) is 9.24. The molecule has 19 heavy (non-hydrogen) atoms. The fourth-order valence-electron chi connectivity index (χ4n) is 1.72. The average Bonchev–Trinajstić information content (AvgIpc) is 2.89. The number of nitrogens with zero attached hydrogens (tertiary/aromatic N) is 2. The summed E-state index contributed by atoms with van der Waals surface area (Å²) in [5.74, 6) is 1.21. The van der Waals surface area contributed by atoms with E-state index in [0.29, 0.717) is 18.0 Å². The molecule has 0 radical (unpaired) electrons. The van der Waals surface area contributed by atoms with Crippen molar-refractivity contribution in [3.05, 3.63) is 29.8 Å². The third-order valence-corrected chi connectivity index (χ3v) is 2.77. The van der Waals surface area contributed by atoms with Crippen LogP contribution in [0, 0.1) is 11.3 Å². The predicted octanol–water partition coefficient (Wildman–Crippen LogP) is 1.80. The Balaban J connectivity index is 2.06. The molecule has 0 aromatic heterocycles. The number of hydrogen-bond acceptors (Lipinski definition) is 4. The molecule has 0 saturated carbocycles. The molecule has 0 N–H and O–H groups in total. The molecule has 1 amide bonds. The molecule has 1 aromatic carbocycles. The molecule has 0 spiro atoms. The van der Waals surface area contributed by atoms with Crippen LogP contribution < -0.4 is 9.47 Å². The summed E-state index contributed by atoms with van der Waals surface area (Å²) in [5.41, 5.74) is 0.852. The summed E-state index contributed by atoms with van der Waals surface area (Å²) in [6.07, 6.45) is 3.16. The second-order valence-corrected chi connectivity index (χ2v) is 3.96. The van der Waals surface area contributed by atoms with Crippen molar-refractivity contribution in [2.75, 3.05) is 19.9 Å². The minimum atomic E-state index is -0.179. The lowest BCUT2D eigenvalue weighted by atomic mass is 10.2. The van der Waals surface area contributed by atoms with E-state index in [2.05, 4.69) is 0 Å². The van der Waals surface area contributed by atoms with E-state index in [-0.39, 0.29) is 19.2 Å². The van der Waals surface area contributed by atoms with Gasteiger partial charge in [-0.05, 0) is 30.7 Å². The lowest BCUT2D eigenvalue weighted by Crippen LogP contribution is -2.29. The molecule has 1 heterocycles. The van der Waals surface area contributed by atoms with Crippen molar-refractivity contribution < 1.29 is 14.3 Å². The van der Waals surface area contributed by atoms with E-state index >= 15 is 0 Å². The van der Waals surface area contributed by atoms with Gasteiger partial charge in [0, 0.05) is 12.6 Å². The maximum absolute atomic E-state index is 11.8. The third-order valence-electron chi connectivity index (χ3n) is 2.77. The highest BCUT2D eigenvalue weighted by Gasteiger charge is 2.12. The Kier molecular flexibility index (Phi) is 4.04. The number of benzene rings is 1. The van der Waals surface area contributed by atoms with Gasteiger partial charge >= 0.3 is 0 Å². The Morgan fingerprint density at radius 1 is 1.47 bits per heavy atom. The summed E-state index contributed by atoms with van der Waals surface area (Å²) in [6, 6.07) is 7.43. The lowest BCUT2D eigenvalue weighted by Gasteiger charge is -2.14. The van der Waals surface area contributed by atoms with E-state index in [9.17, 15) is 4.79 Å². The quantitative estimate of drug-likeness (QED) is 0.610. The van der Waals surface area contributed by atoms with E-state index < -0.39 is 0 Å². The Morgan fingerprint density at radius 3 is 3.00 bits per heavy atom. The second-order valence-electron chi connectivity index (χ2n) is 3.96. The highest BCUT2D eigenvalue weighted by atomic mass is 16.7. The van der Waals surface area contributed by atoms with Crippen molar-refractivity contribution in [2.24, 2.45) is 0 Å². The molecule has 5 nitrogen and oxygen atoms in total. The maximum Gasteiger partial charge on any atom is 0.247 e. The Hall–Kier alpha value is -2.48. The van der Waals surface area contributed by atoms with Gasteiger partial charge in [0.05, 0.1) is 6.07 Å². The summed E-state index contributed by atoms with van der Waals surface area (Å²) in [7, 11) is 0. The van der Waals surface area contributed by atoms with E-state index in [1.54, 1.807) is 12.1 Å². The van der Waals surface area contributed by atoms with Crippen LogP contribution >= 0.6 is 0 Å². The van der Waals surface area contributed by atoms with Crippen molar-refractivity contribution >= 4 is 12.0 Å². The fraction of sp³-hybridized carbons (Fsp3) is 0.286. The van der Waals surface area contributed by atoms with Crippen molar-refractivity contribution in [3.63, 3.8) is 0 Å². The average molecular weight is 258 g/mol. The molecule has 1 aliphatic rings. The Morgan fingerprint density at radius 2 is 2.26 bits per heavy atom. The van der Waals surface area contributed by atoms with E-state index in [0.717, 1.165) is 5.56 Å². The first kappa shape index (κ1) is 13.0. The Bertz CT molecular complexity index is 546. The first-order valence-electron chi connectivity index (χ1n) is 5.98.